The second-order valence-electron chi connectivity index (χ2n) is 5.30. The van der Waals surface area contributed by atoms with E-state index in [1.54, 1.807) is 0 Å². The van der Waals surface area contributed by atoms with Gasteiger partial charge in [0.1, 0.15) is 0 Å². The number of fused-ring (bicyclic) bond motifs is 3. The lowest BCUT2D eigenvalue weighted by Crippen LogP contribution is -1.88. The Kier molecular flexibility index (Phi) is 2.66. The Hall–Kier alpha value is -2.35. The first-order chi connectivity index (χ1) is 9.93. The molecular weight excluding hydrogens is 244 g/mol. The highest BCUT2D eigenvalue weighted by Crippen LogP contribution is 2.35. The highest BCUT2D eigenvalue weighted by atomic mass is 15.1. The summed E-state index contributed by atoms with van der Waals surface area (Å²) in [6.45, 7) is 0. The summed E-state index contributed by atoms with van der Waals surface area (Å²) in [6, 6.07) is 19.1. The smallest absolute Gasteiger partial charge is 0.0959 e. The molecule has 1 N–H and O–H groups in total. The van der Waals surface area contributed by atoms with E-state index in [-0.39, 0.29) is 0 Å². The molecule has 98 valence electrons. The van der Waals surface area contributed by atoms with Crippen molar-refractivity contribution in [2.75, 3.05) is 0 Å². The Morgan fingerprint density at radius 1 is 0.850 bits per heavy atom. The van der Waals surface area contributed by atoms with Gasteiger partial charge in [0.15, 0.2) is 0 Å². The lowest BCUT2D eigenvalue weighted by Gasteiger charge is -2.04. The van der Waals surface area contributed by atoms with E-state index in [0.29, 0.717) is 0 Å². The zero-order valence-electron chi connectivity index (χ0n) is 11.3. The number of hydrogen-bond donors (Lipinski definition) is 1. The lowest BCUT2D eigenvalue weighted by molar-refractivity contribution is 0.835. The average molecular weight is 260 g/mol. The monoisotopic (exact) mass is 260 g/mol. The second-order valence-corrected chi connectivity index (χ2v) is 5.30. The maximum Gasteiger partial charge on any atom is 0.0959 e. The van der Waals surface area contributed by atoms with Crippen LogP contribution in [0.25, 0.3) is 22.5 Å². The fourth-order valence-electron chi connectivity index (χ4n) is 3.10. The van der Waals surface area contributed by atoms with Crippen LogP contribution in [-0.2, 0) is 12.8 Å². The Bertz CT molecular complexity index is 741. The molecule has 1 aliphatic rings. The molecule has 0 fully saturated rings. The van der Waals surface area contributed by atoms with Gasteiger partial charge in [0, 0.05) is 16.7 Å². The second kappa shape index (κ2) is 4.64. The van der Waals surface area contributed by atoms with Gasteiger partial charge in [0.05, 0.1) is 11.4 Å². The molecule has 0 spiro atoms. The third kappa shape index (κ3) is 1.76. The minimum absolute atomic E-state index is 1.09. The normalized spacial score (nSPS) is 13.4. The minimum atomic E-state index is 1.09. The van der Waals surface area contributed by atoms with E-state index in [9.17, 15) is 0 Å². The molecule has 1 heterocycles. The van der Waals surface area contributed by atoms with Crippen molar-refractivity contribution >= 4 is 0 Å². The first-order valence-electron chi connectivity index (χ1n) is 7.14. The Balaban J connectivity index is 1.92. The van der Waals surface area contributed by atoms with Gasteiger partial charge >= 0.3 is 0 Å². The molecule has 0 aliphatic heterocycles. The summed E-state index contributed by atoms with van der Waals surface area (Å²) in [7, 11) is 0. The number of nitrogens with zero attached hydrogens (tertiary/aromatic N) is 1. The fraction of sp³-hybridized carbons (Fsp3) is 0.167. The van der Waals surface area contributed by atoms with Crippen molar-refractivity contribution in [1.29, 1.82) is 0 Å². The summed E-state index contributed by atoms with van der Waals surface area (Å²) in [5.74, 6) is 0. The van der Waals surface area contributed by atoms with Crippen LogP contribution in [0, 0.1) is 0 Å². The van der Waals surface area contributed by atoms with Crippen LogP contribution in [0.15, 0.2) is 54.6 Å². The van der Waals surface area contributed by atoms with Crippen molar-refractivity contribution in [1.82, 2.24) is 10.2 Å². The van der Waals surface area contributed by atoms with Crippen molar-refractivity contribution < 1.29 is 0 Å². The van der Waals surface area contributed by atoms with E-state index in [1.165, 1.54) is 34.4 Å². The number of benzene rings is 2. The Morgan fingerprint density at radius 2 is 1.65 bits per heavy atom. The first kappa shape index (κ1) is 11.5. The molecule has 0 bridgehead atoms. The number of hydrogen-bond acceptors (Lipinski definition) is 1. The molecule has 1 aliphatic carbocycles. The standard InChI is InChI=1S/C18H16N2/c1-2-8-14(9-3-1)17-16-12-6-10-13-7-4-5-11-15(13)18(16)20-19-17/h1-5,7-9,11H,6,10,12H2,(H,19,20). The van der Waals surface area contributed by atoms with E-state index in [0.717, 1.165) is 18.5 Å². The van der Waals surface area contributed by atoms with E-state index in [4.69, 9.17) is 0 Å². The molecular formula is C18H16N2. The zero-order chi connectivity index (χ0) is 13.4. The molecule has 0 unspecified atom stereocenters. The summed E-state index contributed by atoms with van der Waals surface area (Å²) < 4.78 is 0. The van der Waals surface area contributed by atoms with E-state index >= 15 is 0 Å². The fourth-order valence-corrected chi connectivity index (χ4v) is 3.10. The van der Waals surface area contributed by atoms with Crippen LogP contribution >= 0.6 is 0 Å². The highest BCUT2D eigenvalue weighted by molar-refractivity contribution is 5.76. The number of H-pyrrole nitrogens is 1. The molecule has 1 aromatic heterocycles. The third-order valence-corrected chi connectivity index (χ3v) is 4.07. The summed E-state index contributed by atoms with van der Waals surface area (Å²) in [4.78, 5) is 0. The van der Waals surface area contributed by atoms with Gasteiger partial charge in [-0.3, -0.25) is 5.10 Å². The van der Waals surface area contributed by atoms with Crippen LogP contribution in [0.1, 0.15) is 17.5 Å². The maximum absolute atomic E-state index is 4.58. The van der Waals surface area contributed by atoms with E-state index in [2.05, 4.69) is 58.7 Å². The molecule has 0 saturated carbocycles. The van der Waals surface area contributed by atoms with Crippen LogP contribution in [0.4, 0.5) is 0 Å². The van der Waals surface area contributed by atoms with Gasteiger partial charge < -0.3 is 0 Å². The van der Waals surface area contributed by atoms with Gasteiger partial charge in [-0.15, -0.1) is 0 Å². The lowest BCUT2D eigenvalue weighted by atomic mass is 10.00. The first-order valence-corrected chi connectivity index (χ1v) is 7.14. The van der Waals surface area contributed by atoms with Gasteiger partial charge in [0.2, 0.25) is 0 Å². The van der Waals surface area contributed by atoms with Gasteiger partial charge in [-0.25, -0.2) is 0 Å². The quantitative estimate of drug-likeness (QED) is 0.696. The highest BCUT2D eigenvalue weighted by Gasteiger charge is 2.20. The molecule has 0 radical (unpaired) electrons. The molecule has 4 rings (SSSR count). The summed E-state index contributed by atoms with van der Waals surface area (Å²) in [5, 5.41) is 7.85. The van der Waals surface area contributed by atoms with Crippen molar-refractivity contribution in [3.8, 4) is 22.5 Å². The number of aromatic amines is 1. The van der Waals surface area contributed by atoms with Crippen LogP contribution < -0.4 is 0 Å². The summed E-state index contributed by atoms with van der Waals surface area (Å²) in [5.41, 5.74) is 7.61. The minimum Gasteiger partial charge on any atom is -0.277 e. The number of aryl methyl sites for hydroxylation is 1. The van der Waals surface area contributed by atoms with Crippen molar-refractivity contribution in [3.63, 3.8) is 0 Å². The van der Waals surface area contributed by atoms with Crippen molar-refractivity contribution in [2.45, 2.75) is 19.3 Å². The zero-order valence-corrected chi connectivity index (χ0v) is 11.3. The van der Waals surface area contributed by atoms with Crippen LogP contribution in [0.2, 0.25) is 0 Å². The SMILES string of the molecule is c1ccc(-c2n[nH]c3c2CCCc2ccccc2-3)cc1. The summed E-state index contributed by atoms with van der Waals surface area (Å²) in [6.07, 6.45) is 3.42. The van der Waals surface area contributed by atoms with Gasteiger partial charge in [-0.2, -0.15) is 5.10 Å². The topological polar surface area (TPSA) is 28.7 Å². The molecule has 0 atom stereocenters. The number of aromatic nitrogens is 2. The van der Waals surface area contributed by atoms with Crippen LogP contribution in [0.3, 0.4) is 0 Å². The summed E-state index contributed by atoms with van der Waals surface area (Å²) >= 11 is 0. The molecule has 0 saturated heterocycles. The molecule has 2 nitrogen and oxygen atoms in total. The van der Waals surface area contributed by atoms with Crippen LogP contribution in [-0.4, -0.2) is 10.2 Å². The van der Waals surface area contributed by atoms with Crippen LogP contribution in [0.5, 0.6) is 0 Å². The van der Waals surface area contributed by atoms with Crippen molar-refractivity contribution in [2.24, 2.45) is 0 Å². The van der Waals surface area contributed by atoms with Crippen molar-refractivity contribution in [3.05, 3.63) is 65.7 Å². The van der Waals surface area contributed by atoms with E-state index in [1.807, 2.05) is 6.07 Å². The number of rotatable bonds is 1. The molecule has 2 aromatic carbocycles. The van der Waals surface area contributed by atoms with Gasteiger partial charge in [-0.05, 0) is 24.8 Å². The average Bonchev–Trinajstić information content (AvgIpc) is 2.84. The number of nitrogens with one attached hydrogen (secondary N) is 1. The Labute approximate surface area is 118 Å². The predicted molar refractivity (Wildman–Crippen MR) is 81.5 cm³/mol. The Morgan fingerprint density at radius 3 is 2.55 bits per heavy atom. The predicted octanol–water partition coefficient (Wildman–Crippen LogP) is 4.23. The molecule has 0 amide bonds. The maximum atomic E-state index is 4.58. The third-order valence-electron chi connectivity index (χ3n) is 4.07. The molecule has 3 aromatic rings. The molecule has 2 heteroatoms. The largest absolute Gasteiger partial charge is 0.277 e. The van der Waals surface area contributed by atoms with Gasteiger partial charge in [-0.1, -0.05) is 54.6 Å². The van der Waals surface area contributed by atoms with Gasteiger partial charge in [0.25, 0.3) is 0 Å². The van der Waals surface area contributed by atoms with E-state index < -0.39 is 0 Å². The molecule has 20 heavy (non-hydrogen) atoms.